The first-order valence-corrected chi connectivity index (χ1v) is 8.14. The summed E-state index contributed by atoms with van der Waals surface area (Å²) in [5.41, 5.74) is 3.06. The first-order valence-electron chi connectivity index (χ1n) is 8.14. The summed E-state index contributed by atoms with van der Waals surface area (Å²) in [6.07, 6.45) is 0. The summed E-state index contributed by atoms with van der Waals surface area (Å²) < 4.78 is 1.58. The molecule has 2 rings (SSSR count). The Morgan fingerprint density at radius 2 is 1.88 bits per heavy atom. The third-order valence-electron chi connectivity index (χ3n) is 3.77. The second-order valence-corrected chi connectivity index (χ2v) is 6.49. The van der Waals surface area contributed by atoms with Gasteiger partial charge < -0.3 is 5.32 Å². The first-order chi connectivity index (χ1) is 11.8. The average Bonchev–Trinajstić information content (AvgIpc) is 2.93. The van der Waals surface area contributed by atoms with Crippen molar-refractivity contribution in [3.05, 3.63) is 40.6 Å². The lowest BCUT2D eigenvalue weighted by Crippen LogP contribution is -2.32. The Morgan fingerprint density at radius 3 is 2.36 bits per heavy atom. The Balaban J connectivity index is 2.68. The summed E-state index contributed by atoms with van der Waals surface area (Å²) in [6, 6.07) is 9.40. The maximum atomic E-state index is 12.6. The van der Waals surface area contributed by atoms with Crippen molar-refractivity contribution >= 4 is 5.91 Å². The number of hydrogen-bond donors (Lipinski definition) is 1. The summed E-state index contributed by atoms with van der Waals surface area (Å²) in [5.74, 6) is -0.315. The SMILES string of the molecule is Cc1cc(-c2nn(C(C)C)c(C(=O)NC(C)C)c2C#N)ccc1C#N. The molecule has 25 heavy (non-hydrogen) atoms. The van der Waals surface area contributed by atoms with Crippen LogP contribution in [0.15, 0.2) is 18.2 Å². The minimum Gasteiger partial charge on any atom is -0.348 e. The maximum absolute atomic E-state index is 12.6. The molecule has 0 aliphatic carbocycles. The van der Waals surface area contributed by atoms with Gasteiger partial charge in [-0.1, -0.05) is 6.07 Å². The molecule has 6 nitrogen and oxygen atoms in total. The third kappa shape index (κ3) is 3.54. The van der Waals surface area contributed by atoms with E-state index in [1.54, 1.807) is 16.8 Å². The van der Waals surface area contributed by atoms with Crippen LogP contribution in [0.2, 0.25) is 0 Å². The molecule has 0 saturated carbocycles. The molecule has 0 radical (unpaired) electrons. The molecule has 0 spiro atoms. The van der Waals surface area contributed by atoms with Gasteiger partial charge in [0, 0.05) is 17.6 Å². The standard InChI is InChI=1S/C19H21N5O/c1-11(2)22-19(25)18-16(10-21)17(23-24(18)12(3)4)14-6-7-15(9-20)13(5)8-14/h6-8,11-12H,1-5H3,(H,22,25). The molecule has 0 bridgehead atoms. The van der Waals surface area contributed by atoms with E-state index in [1.807, 2.05) is 40.7 Å². The molecule has 0 unspecified atom stereocenters. The van der Waals surface area contributed by atoms with Crippen LogP contribution in [0.5, 0.6) is 0 Å². The molecule has 6 heteroatoms. The lowest BCUT2D eigenvalue weighted by Gasteiger charge is -2.12. The van der Waals surface area contributed by atoms with Gasteiger partial charge in [-0.3, -0.25) is 9.48 Å². The summed E-state index contributed by atoms with van der Waals surface area (Å²) >= 11 is 0. The van der Waals surface area contributed by atoms with Crippen LogP contribution in [-0.4, -0.2) is 21.7 Å². The lowest BCUT2D eigenvalue weighted by molar-refractivity contribution is 0.0930. The lowest BCUT2D eigenvalue weighted by atomic mass is 10.0. The van der Waals surface area contributed by atoms with Gasteiger partial charge in [-0.25, -0.2) is 0 Å². The Labute approximate surface area is 147 Å². The van der Waals surface area contributed by atoms with Gasteiger partial charge in [0.1, 0.15) is 23.0 Å². The minimum absolute atomic E-state index is 0.0461. The predicted molar refractivity (Wildman–Crippen MR) is 94.8 cm³/mol. The highest BCUT2D eigenvalue weighted by Gasteiger charge is 2.26. The fourth-order valence-corrected chi connectivity index (χ4v) is 2.60. The van der Waals surface area contributed by atoms with Gasteiger partial charge in [-0.15, -0.1) is 0 Å². The van der Waals surface area contributed by atoms with Crippen LogP contribution >= 0.6 is 0 Å². The molecule has 1 aromatic carbocycles. The molecule has 0 fully saturated rings. The second-order valence-electron chi connectivity index (χ2n) is 6.49. The molecule has 1 N–H and O–H groups in total. The van der Waals surface area contributed by atoms with Crippen molar-refractivity contribution in [1.29, 1.82) is 10.5 Å². The zero-order chi connectivity index (χ0) is 18.7. The van der Waals surface area contributed by atoms with E-state index in [4.69, 9.17) is 5.26 Å². The molecule has 128 valence electrons. The highest BCUT2D eigenvalue weighted by Crippen LogP contribution is 2.28. The van der Waals surface area contributed by atoms with E-state index in [0.29, 0.717) is 16.8 Å². The number of nitrogens with zero attached hydrogens (tertiary/aromatic N) is 4. The molecule has 0 saturated heterocycles. The van der Waals surface area contributed by atoms with Gasteiger partial charge >= 0.3 is 0 Å². The average molecular weight is 335 g/mol. The molecule has 1 aromatic heterocycles. The number of carbonyl (C=O) groups excluding carboxylic acids is 1. The maximum Gasteiger partial charge on any atom is 0.271 e. The van der Waals surface area contributed by atoms with Crippen molar-refractivity contribution in [3.8, 4) is 23.4 Å². The second kappa shape index (κ2) is 7.19. The van der Waals surface area contributed by atoms with Crippen LogP contribution in [0.25, 0.3) is 11.3 Å². The monoisotopic (exact) mass is 335 g/mol. The fourth-order valence-electron chi connectivity index (χ4n) is 2.60. The highest BCUT2D eigenvalue weighted by molar-refractivity contribution is 5.97. The number of carbonyl (C=O) groups is 1. The number of benzene rings is 1. The van der Waals surface area contributed by atoms with E-state index in [1.165, 1.54) is 0 Å². The third-order valence-corrected chi connectivity index (χ3v) is 3.77. The minimum atomic E-state index is -0.315. The van der Waals surface area contributed by atoms with Crippen molar-refractivity contribution in [2.45, 2.75) is 46.7 Å². The number of aromatic nitrogens is 2. The van der Waals surface area contributed by atoms with Gasteiger partial charge in [-0.2, -0.15) is 15.6 Å². The number of hydrogen-bond acceptors (Lipinski definition) is 4. The smallest absolute Gasteiger partial charge is 0.271 e. The van der Waals surface area contributed by atoms with Crippen LogP contribution in [0, 0.1) is 29.6 Å². The van der Waals surface area contributed by atoms with Crippen LogP contribution in [0.4, 0.5) is 0 Å². The van der Waals surface area contributed by atoms with Crippen molar-refractivity contribution in [2.24, 2.45) is 0 Å². The molecule has 2 aromatic rings. The predicted octanol–water partition coefficient (Wildman–Crippen LogP) is 3.32. The number of nitrogens with one attached hydrogen (secondary N) is 1. The zero-order valence-corrected chi connectivity index (χ0v) is 15.1. The van der Waals surface area contributed by atoms with E-state index < -0.39 is 0 Å². The molecule has 0 aliphatic heterocycles. The summed E-state index contributed by atoms with van der Waals surface area (Å²) in [5, 5.41) is 26.1. The molecule has 1 amide bonds. The van der Waals surface area contributed by atoms with Crippen LogP contribution in [0.3, 0.4) is 0 Å². The molecule has 1 heterocycles. The largest absolute Gasteiger partial charge is 0.348 e. The first kappa shape index (κ1) is 18.2. The zero-order valence-electron chi connectivity index (χ0n) is 15.1. The van der Waals surface area contributed by atoms with E-state index in [2.05, 4.69) is 22.6 Å². The number of rotatable bonds is 4. The van der Waals surface area contributed by atoms with Gasteiger partial charge in [0.25, 0.3) is 5.91 Å². The molecule has 0 atom stereocenters. The van der Waals surface area contributed by atoms with Gasteiger partial charge in [-0.05, 0) is 52.3 Å². The van der Waals surface area contributed by atoms with Crippen molar-refractivity contribution in [3.63, 3.8) is 0 Å². The molecule has 0 aliphatic rings. The van der Waals surface area contributed by atoms with E-state index in [9.17, 15) is 10.1 Å². The Kier molecular flexibility index (Phi) is 5.24. The molecular weight excluding hydrogens is 314 g/mol. The summed E-state index contributed by atoms with van der Waals surface area (Å²) in [6.45, 7) is 9.39. The van der Waals surface area contributed by atoms with Crippen molar-refractivity contribution in [1.82, 2.24) is 15.1 Å². The van der Waals surface area contributed by atoms with E-state index >= 15 is 0 Å². The normalized spacial score (nSPS) is 10.6. The van der Waals surface area contributed by atoms with Crippen molar-refractivity contribution < 1.29 is 4.79 Å². The quantitative estimate of drug-likeness (QED) is 0.927. The van der Waals surface area contributed by atoms with E-state index in [-0.39, 0.29) is 29.2 Å². The molecular formula is C19H21N5O. The van der Waals surface area contributed by atoms with Crippen molar-refractivity contribution in [2.75, 3.05) is 0 Å². The van der Waals surface area contributed by atoms with Gasteiger partial charge in [0.15, 0.2) is 0 Å². The Morgan fingerprint density at radius 1 is 1.20 bits per heavy atom. The van der Waals surface area contributed by atoms with Gasteiger partial charge in [0.05, 0.1) is 11.6 Å². The highest BCUT2D eigenvalue weighted by atomic mass is 16.2. The number of amides is 1. The van der Waals surface area contributed by atoms with E-state index in [0.717, 1.165) is 5.56 Å². The number of aryl methyl sites for hydroxylation is 1. The topological polar surface area (TPSA) is 94.5 Å². The van der Waals surface area contributed by atoms with Crippen LogP contribution in [-0.2, 0) is 0 Å². The van der Waals surface area contributed by atoms with Crippen LogP contribution < -0.4 is 5.32 Å². The summed E-state index contributed by atoms with van der Waals surface area (Å²) in [4.78, 5) is 12.6. The number of nitriles is 2. The summed E-state index contributed by atoms with van der Waals surface area (Å²) in [7, 11) is 0. The Bertz CT molecular complexity index is 894. The Hall–Kier alpha value is -3.12. The fraction of sp³-hybridized carbons (Fsp3) is 0.368. The van der Waals surface area contributed by atoms with Gasteiger partial charge in [0.2, 0.25) is 0 Å². The van der Waals surface area contributed by atoms with Crippen LogP contribution in [0.1, 0.15) is 60.9 Å².